The van der Waals surface area contributed by atoms with Crippen LogP contribution in [0.1, 0.15) is 18.4 Å². The van der Waals surface area contributed by atoms with E-state index in [0.29, 0.717) is 18.6 Å². The number of hydrogen-bond donors (Lipinski definition) is 3. The van der Waals surface area contributed by atoms with E-state index >= 15 is 0 Å². The zero-order valence-electron chi connectivity index (χ0n) is 18.2. The third-order valence-corrected chi connectivity index (χ3v) is 5.76. The lowest BCUT2D eigenvalue weighted by Gasteiger charge is -2.16. The standard InChI is InChI=1S/C25H25N3O4.ClH/c1-31-23(29)13-17-12-18(28-25(17)30)14-32-22-11-10-19(20-4-2-3-5-21(20)22)15-6-8-16(9-7-15)24(26)27;/h2-11,17-18H,12-14H2,1H3,(H3,26,27)(H,28,30);1H/t17-,18-;/m0./s1. The van der Waals surface area contributed by atoms with Crippen LogP contribution in [0.3, 0.4) is 0 Å². The molecule has 2 atom stereocenters. The van der Waals surface area contributed by atoms with Crippen LogP contribution in [0.2, 0.25) is 0 Å². The zero-order chi connectivity index (χ0) is 22.7. The van der Waals surface area contributed by atoms with Gasteiger partial charge in [0.15, 0.2) is 0 Å². The molecule has 0 saturated carbocycles. The fourth-order valence-electron chi connectivity index (χ4n) is 4.07. The Hall–Kier alpha value is -3.58. The molecule has 1 saturated heterocycles. The van der Waals surface area contributed by atoms with E-state index in [1.54, 1.807) is 0 Å². The van der Waals surface area contributed by atoms with Gasteiger partial charge < -0.3 is 20.5 Å². The minimum atomic E-state index is -0.385. The summed E-state index contributed by atoms with van der Waals surface area (Å²) in [5.41, 5.74) is 8.32. The molecule has 1 aliphatic heterocycles. The normalized spacial score (nSPS) is 17.2. The highest BCUT2D eigenvalue weighted by molar-refractivity contribution is 6.01. The molecule has 3 aromatic carbocycles. The Kier molecular flexibility index (Phi) is 7.55. The van der Waals surface area contributed by atoms with E-state index in [2.05, 4.69) is 10.1 Å². The van der Waals surface area contributed by atoms with Gasteiger partial charge in [-0.2, -0.15) is 0 Å². The third kappa shape index (κ3) is 5.26. The van der Waals surface area contributed by atoms with Crippen LogP contribution in [0.4, 0.5) is 0 Å². The summed E-state index contributed by atoms with van der Waals surface area (Å²) in [5.74, 6) is -0.135. The summed E-state index contributed by atoms with van der Waals surface area (Å²) in [4.78, 5) is 23.6. The van der Waals surface area contributed by atoms with Crippen LogP contribution in [0.5, 0.6) is 5.75 Å². The van der Waals surface area contributed by atoms with Gasteiger partial charge in [-0.15, -0.1) is 12.4 Å². The minimum absolute atomic E-state index is 0. The molecule has 1 heterocycles. The molecule has 1 aliphatic rings. The molecule has 8 heteroatoms. The smallest absolute Gasteiger partial charge is 0.306 e. The summed E-state index contributed by atoms with van der Waals surface area (Å²) in [5, 5.41) is 12.5. The van der Waals surface area contributed by atoms with E-state index in [0.717, 1.165) is 27.6 Å². The van der Waals surface area contributed by atoms with E-state index in [-0.39, 0.29) is 48.5 Å². The number of nitrogens with one attached hydrogen (secondary N) is 2. The number of amidine groups is 1. The number of halogens is 1. The molecule has 1 fully saturated rings. The van der Waals surface area contributed by atoms with Crippen LogP contribution in [0.25, 0.3) is 21.9 Å². The van der Waals surface area contributed by atoms with Gasteiger partial charge in [0.1, 0.15) is 18.2 Å². The van der Waals surface area contributed by atoms with Crippen LogP contribution in [0, 0.1) is 11.3 Å². The second kappa shape index (κ2) is 10.4. The van der Waals surface area contributed by atoms with Crippen molar-refractivity contribution in [1.29, 1.82) is 5.41 Å². The van der Waals surface area contributed by atoms with E-state index in [1.165, 1.54) is 7.11 Å². The monoisotopic (exact) mass is 467 g/mol. The molecule has 0 aromatic heterocycles. The molecule has 172 valence electrons. The van der Waals surface area contributed by atoms with E-state index in [1.807, 2.05) is 60.7 Å². The topological polar surface area (TPSA) is 114 Å². The van der Waals surface area contributed by atoms with Gasteiger partial charge in [0.25, 0.3) is 0 Å². The second-order valence-corrected chi connectivity index (χ2v) is 7.88. The predicted molar refractivity (Wildman–Crippen MR) is 130 cm³/mol. The zero-order valence-corrected chi connectivity index (χ0v) is 19.0. The van der Waals surface area contributed by atoms with Gasteiger partial charge in [0.05, 0.1) is 25.5 Å². The van der Waals surface area contributed by atoms with Gasteiger partial charge in [-0.3, -0.25) is 15.0 Å². The molecular formula is C25H26ClN3O4. The first-order chi connectivity index (χ1) is 15.5. The summed E-state index contributed by atoms with van der Waals surface area (Å²) in [6, 6.07) is 19.3. The summed E-state index contributed by atoms with van der Waals surface area (Å²) >= 11 is 0. The number of benzene rings is 3. The van der Waals surface area contributed by atoms with E-state index in [9.17, 15) is 9.59 Å². The first kappa shape index (κ1) is 24.1. The maximum absolute atomic E-state index is 12.1. The number of nitrogen functional groups attached to an aromatic ring is 1. The molecule has 7 nitrogen and oxygen atoms in total. The summed E-state index contributed by atoms with van der Waals surface area (Å²) < 4.78 is 10.8. The highest BCUT2D eigenvalue weighted by Crippen LogP contribution is 2.35. The average molecular weight is 468 g/mol. The molecule has 0 spiro atoms. The van der Waals surface area contributed by atoms with Crippen molar-refractivity contribution in [2.75, 3.05) is 13.7 Å². The van der Waals surface area contributed by atoms with Gasteiger partial charge in [-0.25, -0.2) is 0 Å². The Labute approximate surface area is 198 Å². The van der Waals surface area contributed by atoms with Crippen LogP contribution in [-0.4, -0.2) is 37.5 Å². The molecule has 1 amide bonds. The third-order valence-electron chi connectivity index (χ3n) is 5.76. The van der Waals surface area contributed by atoms with Crippen LogP contribution < -0.4 is 15.8 Å². The highest BCUT2D eigenvalue weighted by Gasteiger charge is 2.34. The second-order valence-electron chi connectivity index (χ2n) is 7.88. The van der Waals surface area contributed by atoms with E-state index in [4.69, 9.17) is 15.9 Å². The lowest BCUT2D eigenvalue weighted by molar-refractivity contribution is -0.143. The number of fused-ring (bicyclic) bond motifs is 1. The van der Waals surface area contributed by atoms with Crippen molar-refractivity contribution in [1.82, 2.24) is 5.32 Å². The molecule has 0 aliphatic carbocycles. The summed E-state index contributed by atoms with van der Waals surface area (Å²) in [6.07, 6.45) is 0.616. The molecule has 33 heavy (non-hydrogen) atoms. The number of hydrogen-bond acceptors (Lipinski definition) is 5. The molecule has 4 rings (SSSR count). The fourth-order valence-corrected chi connectivity index (χ4v) is 4.07. The Morgan fingerprint density at radius 2 is 1.79 bits per heavy atom. The molecule has 0 unspecified atom stereocenters. The molecule has 4 N–H and O–H groups in total. The maximum Gasteiger partial charge on any atom is 0.306 e. The number of rotatable bonds is 7. The minimum Gasteiger partial charge on any atom is -0.491 e. The Morgan fingerprint density at radius 3 is 2.45 bits per heavy atom. The number of methoxy groups -OCH3 is 1. The Balaban J connectivity index is 0.00000306. The van der Waals surface area contributed by atoms with Gasteiger partial charge >= 0.3 is 5.97 Å². The maximum atomic E-state index is 12.1. The fraction of sp³-hybridized carbons (Fsp3) is 0.240. The van der Waals surface area contributed by atoms with Gasteiger partial charge in [0.2, 0.25) is 5.91 Å². The van der Waals surface area contributed by atoms with Crippen LogP contribution in [0.15, 0.2) is 60.7 Å². The largest absolute Gasteiger partial charge is 0.491 e. The van der Waals surface area contributed by atoms with E-state index < -0.39 is 0 Å². The van der Waals surface area contributed by atoms with Crippen LogP contribution in [-0.2, 0) is 14.3 Å². The molecule has 3 aromatic rings. The number of amides is 1. The van der Waals surface area contributed by atoms with Crippen molar-refractivity contribution in [3.05, 3.63) is 66.2 Å². The van der Waals surface area contributed by atoms with Crippen molar-refractivity contribution in [2.45, 2.75) is 18.9 Å². The van der Waals surface area contributed by atoms with Crippen molar-refractivity contribution in [3.63, 3.8) is 0 Å². The Bertz CT molecular complexity index is 1180. The van der Waals surface area contributed by atoms with Gasteiger partial charge in [-0.1, -0.05) is 54.6 Å². The van der Waals surface area contributed by atoms with Gasteiger partial charge in [-0.05, 0) is 29.0 Å². The summed E-state index contributed by atoms with van der Waals surface area (Å²) in [7, 11) is 1.32. The number of ether oxygens (including phenoxy) is 2. The quantitative estimate of drug-likeness (QED) is 0.278. The van der Waals surface area contributed by atoms with Crippen molar-refractivity contribution < 1.29 is 19.1 Å². The lowest BCUT2D eigenvalue weighted by Crippen LogP contribution is -2.31. The Morgan fingerprint density at radius 1 is 1.09 bits per heavy atom. The van der Waals surface area contributed by atoms with Gasteiger partial charge in [0, 0.05) is 10.9 Å². The highest BCUT2D eigenvalue weighted by atomic mass is 35.5. The number of nitrogens with two attached hydrogens (primary N) is 1. The molecular weight excluding hydrogens is 442 g/mol. The number of carbonyl (C=O) groups is 2. The van der Waals surface area contributed by atoms with Crippen molar-refractivity contribution >= 4 is 40.9 Å². The molecule has 0 bridgehead atoms. The van der Waals surface area contributed by atoms with Crippen LogP contribution >= 0.6 is 12.4 Å². The summed E-state index contributed by atoms with van der Waals surface area (Å²) in [6.45, 7) is 0.320. The first-order valence-electron chi connectivity index (χ1n) is 10.4. The number of carbonyl (C=O) groups excluding carboxylic acids is 2. The molecule has 0 radical (unpaired) electrons. The van der Waals surface area contributed by atoms with Crippen molar-refractivity contribution in [2.24, 2.45) is 11.7 Å². The SMILES string of the molecule is COC(=O)C[C@@H]1C[C@@H](COc2ccc(-c3ccc(C(=N)N)cc3)c3ccccc23)NC1=O.Cl. The lowest BCUT2D eigenvalue weighted by atomic mass is 9.97. The average Bonchev–Trinajstić information content (AvgIpc) is 3.16. The predicted octanol–water partition coefficient (Wildman–Crippen LogP) is 3.66. The number of esters is 1. The first-order valence-corrected chi connectivity index (χ1v) is 10.4. The van der Waals surface area contributed by atoms with Crippen molar-refractivity contribution in [3.8, 4) is 16.9 Å².